The van der Waals surface area contributed by atoms with Gasteiger partial charge in [-0.2, -0.15) is 0 Å². The smallest absolute Gasteiger partial charge is 0.275 e. The molecular formula is C26H26ClN3O4S. The first-order valence-electron chi connectivity index (χ1n) is 11.5. The minimum Gasteiger partial charge on any atom is -0.318 e. The van der Waals surface area contributed by atoms with E-state index in [4.69, 9.17) is 11.6 Å². The Morgan fingerprint density at radius 1 is 0.914 bits per heavy atom. The van der Waals surface area contributed by atoms with Crippen molar-refractivity contribution < 1.29 is 8.42 Å². The van der Waals surface area contributed by atoms with Gasteiger partial charge in [0.2, 0.25) is 0 Å². The number of fused-ring (bicyclic) bond motifs is 1. The minimum absolute atomic E-state index is 0.0337. The standard InChI is InChI=1S/C26H26ClN3O4S/c1-16-8-10-18(11-9-16)35(33,34)30-23(27)12-20-22(15-29(3)26(32)25(20)30)19-13-24(31)28(2)14-21(19)17-6-4-5-7-17/h8-15,17H,4-7H2,1-3H3. The summed E-state index contributed by atoms with van der Waals surface area (Å²) in [5.74, 6) is 0.290. The van der Waals surface area contributed by atoms with Gasteiger partial charge in [-0.25, -0.2) is 12.4 Å². The molecule has 7 nitrogen and oxygen atoms in total. The van der Waals surface area contributed by atoms with Crippen LogP contribution in [0.3, 0.4) is 0 Å². The Hall–Kier alpha value is -3.10. The molecule has 0 amide bonds. The van der Waals surface area contributed by atoms with Crippen LogP contribution in [0.15, 0.2) is 63.3 Å². The largest absolute Gasteiger partial charge is 0.318 e. The molecule has 182 valence electrons. The Kier molecular flexibility index (Phi) is 5.76. The molecule has 0 N–H and O–H groups in total. The van der Waals surface area contributed by atoms with Crippen molar-refractivity contribution in [3.63, 3.8) is 0 Å². The van der Waals surface area contributed by atoms with E-state index in [1.165, 1.54) is 22.8 Å². The molecule has 1 aliphatic rings. The monoisotopic (exact) mass is 511 g/mol. The summed E-state index contributed by atoms with van der Waals surface area (Å²) in [5, 5.41) is 0.317. The fourth-order valence-corrected chi connectivity index (χ4v) is 6.93. The van der Waals surface area contributed by atoms with E-state index in [0.29, 0.717) is 16.5 Å². The minimum atomic E-state index is -4.14. The van der Waals surface area contributed by atoms with Gasteiger partial charge in [0.1, 0.15) is 10.7 Å². The number of rotatable bonds is 4. The molecule has 9 heteroatoms. The molecule has 3 aromatic heterocycles. The molecule has 35 heavy (non-hydrogen) atoms. The molecule has 4 aromatic rings. The summed E-state index contributed by atoms with van der Waals surface area (Å²) < 4.78 is 31.0. The number of nitrogens with zero attached hydrogens (tertiary/aromatic N) is 3. The molecule has 0 bridgehead atoms. The lowest BCUT2D eigenvalue weighted by atomic mass is 9.90. The molecule has 1 aromatic carbocycles. The molecule has 0 radical (unpaired) electrons. The van der Waals surface area contributed by atoms with Crippen molar-refractivity contribution in [1.29, 1.82) is 0 Å². The van der Waals surface area contributed by atoms with E-state index < -0.39 is 15.6 Å². The lowest BCUT2D eigenvalue weighted by molar-refractivity contribution is 0.589. The van der Waals surface area contributed by atoms with E-state index in [2.05, 4.69) is 0 Å². The number of hydrogen-bond acceptors (Lipinski definition) is 4. The molecule has 0 saturated heterocycles. The summed E-state index contributed by atoms with van der Waals surface area (Å²) in [6.07, 6.45) is 7.80. The van der Waals surface area contributed by atoms with Crippen molar-refractivity contribution in [2.45, 2.75) is 43.4 Å². The maximum absolute atomic E-state index is 13.6. The van der Waals surface area contributed by atoms with Crippen molar-refractivity contribution in [3.05, 3.63) is 85.8 Å². The molecule has 5 rings (SSSR count). The maximum atomic E-state index is 13.6. The average Bonchev–Trinajstić information content (AvgIpc) is 3.46. The van der Waals surface area contributed by atoms with Crippen LogP contribution in [0, 0.1) is 6.92 Å². The Labute approximate surface area is 208 Å². The Morgan fingerprint density at radius 2 is 1.57 bits per heavy atom. The van der Waals surface area contributed by atoms with Gasteiger partial charge in [0.05, 0.1) is 4.90 Å². The van der Waals surface area contributed by atoms with Gasteiger partial charge in [0, 0.05) is 43.5 Å². The summed E-state index contributed by atoms with van der Waals surface area (Å²) in [6, 6.07) is 9.48. The Bertz CT molecular complexity index is 1690. The van der Waals surface area contributed by atoms with E-state index in [1.807, 2.05) is 13.1 Å². The second kappa shape index (κ2) is 8.53. The first kappa shape index (κ1) is 23.6. The van der Waals surface area contributed by atoms with Gasteiger partial charge in [0.15, 0.2) is 0 Å². The van der Waals surface area contributed by atoms with Gasteiger partial charge in [0.25, 0.3) is 21.1 Å². The van der Waals surface area contributed by atoms with Crippen molar-refractivity contribution in [2.75, 3.05) is 0 Å². The average molecular weight is 512 g/mol. The Balaban J connectivity index is 1.84. The zero-order valence-electron chi connectivity index (χ0n) is 19.8. The first-order chi connectivity index (χ1) is 16.6. The molecular weight excluding hydrogens is 486 g/mol. The number of pyridine rings is 2. The van der Waals surface area contributed by atoms with E-state index in [-0.39, 0.29) is 27.0 Å². The third kappa shape index (κ3) is 3.85. The second-order valence-corrected chi connectivity index (χ2v) is 11.5. The zero-order valence-corrected chi connectivity index (χ0v) is 21.4. The molecule has 3 heterocycles. The fraction of sp³-hybridized carbons (Fsp3) is 0.308. The molecule has 0 spiro atoms. The molecule has 0 aliphatic heterocycles. The van der Waals surface area contributed by atoms with Gasteiger partial charge in [-0.3, -0.25) is 9.59 Å². The van der Waals surface area contributed by atoms with Crippen LogP contribution in [-0.2, 0) is 24.1 Å². The van der Waals surface area contributed by atoms with Crippen molar-refractivity contribution in [1.82, 2.24) is 13.1 Å². The van der Waals surface area contributed by atoms with Crippen LogP contribution in [0.25, 0.3) is 22.0 Å². The van der Waals surface area contributed by atoms with Crippen LogP contribution in [0.2, 0.25) is 5.15 Å². The van der Waals surface area contributed by atoms with Gasteiger partial charge >= 0.3 is 0 Å². The quantitative estimate of drug-likeness (QED) is 0.402. The summed E-state index contributed by atoms with van der Waals surface area (Å²) in [6.45, 7) is 1.86. The normalized spacial score (nSPS) is 14.7. The van der Waals surface area contributed by atoms with Crippen LogP contribution >= 0.6 is 11.6 Å². The topological polar surface area (TPSA) is 83.1 Å². The summed E-state index contributed by atoms with van der Waals surface area (Å²) in [7, 11) is -0.844. The van der Waals surface area contributed by atoms with E-state index >= 15 is 0 Å². The predicted molar refractivity (Wildman–Crippen MR) is 138 cm³/mol. The lowest BCUT2D eigenvalue weighted by Gasteiger charge is -2.18. The van der Waals surface area contributed by atoms with Gasteiger partial charge in [-0.05, 0) is 55.0 Å². The summed E-state index contributed by atoms with van der Waals surface area (Å²) >= 11 is 6.51. The first-order valence-corrected chi connectivity index (χ1v) is 13.3. The van der Waals surface area contributed by atoms with Gasteiger partial charge in [-0.1, -0.05) is 42.1 Å². The highest BCUT2D eigenvalue weighted by atomic mass is 35.5. The summed E-state index contributed by atoms with van der Waals surface area (Å²) in [4.78, 5) is 26.0. The van der Waals surface area contributed by atoms with Gasteiger partial charge in [-0.15, -0.1) is 0 Å². The SMILES string of the molecule is Cc1ccc(S(=O)(=O)n2c(Cl)cc3c(-c4cc(=O)n(C)cc4C4CCCC4)cn(C)c(=O)c32)cc1. The van der Waals surface area contributed by atoms with Crippen LogP contribution in [-0.4, -0.2) is 21.5 Å². The van der Waals surface area contributed by atoms with Crippen LogP contribution in [0.4, 0.5) is 0 Å². The Morgan fingerprint density at radius 3 is 2.23 bits per heavy atom. The van der Waals surface area contributed by atoms with E-state index in [0.717, 1.165) is 40.8 Å². The van der Waals surface area contributed by atoms with Crippen molar-refractivity contribution in [2.24, 2.45) is 14.1 Å². The summed E-state index contributed by atoms with van der Waals surface area (Å²) in [5.41, 5.74) is 2.56. The number of hydrogen-bond donors (Lipinski definition) is 0. The molecule has 1 saturated carbocycles. The number of aryl methyl sites for hydroxylation is 3. The maximum Gasteiger partial charge on any atom is 0.275 e. The van der Waals surface area contributed by atoms with Crippen LogP contribution < -0.4 is 11.1 Å². The highest BCUT2D eigenvalue weighted by Crippen LogP contribution is 2.41. The zero-order chi connectivity index (χ0) is 25.1. The molecule has 0 atom stereocenters. The number of halogens is 1. The lowest BCUT2D eigenvalue weighted by Crippen LogP contribution is -2.23. The number of benzene rings is 1. The van der Waals surface area contributed by atoms with E-state index in [9.17, 15) is 18.0 Å². The molecule has 1 fully saturated rings. The second-order valence-electron chi connectivity index (χ2n) is 9.34. The number of aromatic nitrogens is 3. The molecule has 1 aliphatic carbocycles. The highest BCUT2D eigenvalue weighted by molar-refractivity contribution is 7.90. The molecule has 0 unspecified atom stereocenters. The van der Waals surface area contributed by atoms with Gasteiger partial charge < -0.3 is 9.13 Å². The predicted octanol–water partition coefficient (Wildman–Crippen LogP) is 4.56. The fourth-order valence-electron chi connectivity index (χ4n) is 5.07. The third-order valence-corrected chi connectivity index (χ3v) is 9.06. The van der Waals surface area contributed by atoms with Crippen LogP contribution in [0.1, 0.15) is 42.7 Å². The van der Waals surface area contributed by atoms with Crippen molar-refractivity contribution in [3.8, 4) is 11.1 Å². The van der Waals surface area contributed by atoms with Crippen molar-refractivity contribution >= 4 is 32.5 Å². The third-order valence-electron chi connectivity index (χ3n) is 6.96. The van der Waals surface area contributed by atoms with Crippen LogP contribution in [0.5, 0.6) is 0 Å². The highest BCUT2D eigenvalue weighted by Gasteiger charge is 2.28. The van der Waals surface area contributed by atoms with E-state index in [1.54, 1.807) is 43.1 Å².